The number of nitrogens with zero attached hydrogens (tertiary/aromatic N) is 2. The van der Waals surface area contributed by atoms with E-state index in [9.17, 15) is 0 Å². The van der Waals surface area contributed by atoms with Crippen molar-refractivity contribution >= 4 is 0 Å². The van der Waals surface area contributed by atoms with Gasteiger partial charge in [0, 0.05) is 18.8 Å². The standard InChI is InChI=1S/C10H13N3/c11-7-10-4-2-6-13(10)8-9-3-1-5-12-9/h2,4,6,9,12H,1,3,5,8H2/t9-/m0/s1. The van der Waals surface area contributed by atoms with Crippen molar-refractivity contribution < 1.29 is 0 Å². The highest BCUT2D eigenvalue weighted by Crippen LogP contribution is 2.09. The van der Waals surface area contributed by atoms with E-state index in [4.69, 9.17) is 5.26 Å². The molecule has 13 heavy (non-hydrogen) atoms. The van der Waals surface area contributed by atoms with Crippen LogP contribution in [0.3, 0.4) is 0 Å². The first-order valence-electron chi connectivity index (χ1n) is 4.69. The normalized spacial score (nSPS) is 21.6. The lowest BCUT2D eigenvalue weighted by Gasteiger charge is -2.11. The number of nitriles is 1. The van der Waals surface area contributed by atoms with E-state index in [-0.39, 0.29) is 0 Å². The summed E-state index contributed by atoms with van der Waals surface area (Å²) in [5.41, 5.74) is 0.758. The van der Waals surface area contributed by atoms with Gasteiger partial charge in [-0.15, -0.1) is 0 Å². The second-order valence-corrected chi connectivity index (χ2v) is 3.45. The van der Waals surface area contributed by atoms with Crippen molar-refractivity contribution in [3.8, 4) is 6.07 Å². The number of aromatic nitrogens is 1. The van der Waals surface area contributed by atoms with Gasteiger partial charge in [-0.3, -0.25) is 0 Å². The molecule has 0 amide bonds. The van der Waals surface area contributed by atoms with Crippen LogP contribution in [0.15, 0.2) is 18.3 Å². The molecule has 0 radical (unpaired) electrons. The van der Waals surface area contributed by atoms with Gasteiger partial charge in [-0.25, -0.2) is 0 Å². The minimum Gasteiger partial charge on any atom is -0.338 e. The van der Waals surface area contributed by atoms with Crippen molar-refractivity contribution in [2.45, 2.75) is 25.4 Å². The third-order valence-corrected chi connectivity index (χ3v) is 2.52. The summed E-state index contributed by atoms with van der Waals surface area (Å²) >= 11 is 0. The molecule has 0 unspecified atom stereocenters. The van der Waals surface area contributed by atoms with Crippen molar-refractivity contribution in [3.05, 3.63) is 24.0 Å². The lowest BCUT2D eigenvalue weighted by molar-refractivity contribution is 0.508. The van der Waals surface area contributed by atoms with Crippen molar-refractivity contribution in [2.75, 3.05) is 6.54 Å². The zero-order valence-electron chi connectivity index (χ0n) is 7.53. The van der Waals surface area contributed by atoms with Crippen LogP contribution in [0.1, 0.15) is 18.5 Å². The lowest BCUT2D eigenvalue weighted by atomic mass is 10.2. The molecule has 0 saturated carbocycles. The molecule has 2 heterocycles. The van der Waals surface area contributed by atoms with Gasteiger partial charge in [0.05, 0.1) is 0 Å². The molecule has 1 saturated heterocycles. The van der Waals surface area contributed by atoms with Crippen LogP contribution in [0.2, 0.25) is 0 Å². The average molecular weight is 175 g/mol. The first-order chi connectivity index (χ1) is 6.40. The SMILES string of the molecule is N#Cc1cccn1C[C@@H]1CCCN1. The smallest absolute Gasteiger partial charge is 0.120 e. The summed E-state index contributed by atoms with van der Waals surface area (Å²) in [5, 5.41) is 12.2. The average Bonchev–Trinajstić information content (AvgIpc) is 2.76. The van der Waals surface area contributed by atoms with E-state index in [1.807, 2.05) is 22.9 Å². The first kappa shape index (κ1) is 8.33. The molecule has 0 spiro atoms. The maximum atomic E-state index is 8.79. The van der Waals surface area contributed by atoms with E-state index in [1.165, 1.54) is 12.8 Å². The van der Waals surface area contributed by atoms with Crippen LogP contribution in [-0.4, -0.2) is 17.2 Å². The fourth-order valence-electron chi connectivity index (χ4n) is 1.82. The molecule has 1 atom stereocenters. The van der Waals surface area contributed by atoms with Crippen LogP contribution in [0.25, 0.3) is 0 Å². The second kappa shape index (κ2) is 3.63. The maximum absolute atomic E-state index is 8.79. The summed E-state index contributed by atoms with van der Waals surface area (Å²) in [6, 6.07) is 6.52. The summed E-state index contributed by atoms with van der Waals surface area (Å²) < 4.78 is 2.02. The van der Waals surface area contributed by atoms with E-state index in [0.29, 0.717) is 6.04 Å². The summed E-state index contributed by atoms with van der Waals surface area (Å²) in [5.74, 6) is 0. The van der Waals surface area contributed by atoms with Crippen molar-refractivity contribution in [2.24, 2.45) is 0 Å². The quantitative estimate of drug-likeness (QED) is 0.731. The second-order valence-electron chi connectivity index (χ2n) is 3.45. The Balaban J connectivity index is 2.04. The number of hydrogen-bond acceptors (Lipinski definition) is 2. The van der Waals surface area contributed by atoms with Gasteiger partial charge in [-0.05, 0) is 31.5 Å². The molecule has 1 aromatic rings. The van der Waals surface area contributed by atoms with Gasteiger partial charge < -0.3 is 9.88 Å². The number of nitrogens with one attached hydrogen (secondary N) is 1. The maximum Gasteiger partial charge on any atom is 0.120 e. The lowest BCUT2D eigenvalue weighted by Crippen LogP contribution is -2.26. The third kappa shape index (κ3) is 1.73. The molecule has 0 bridgehead atoms. The minimum atomic E-state index is 0.555. The van der Waals surface area contributed by atoms with Gasteiger partial charge in [0.25, 0.3) is 0 Å². The van der Waals surface area contributed by atoms with Crippen molar-refractivity contribution in [3.63, 3.8) is 0 Å². The molecular weight excluding hydrogens is 162 g/mol. The Labute approximate surface area is 78.0 Å². The molecule has 68 valence electrons. The van der Waals surface area contributed by atoms with Gasteiger partial charge in [0.1, 0.15) is 11.8 Å². The summed E-state index contributed by atoms with van der Waals surface area (Å²) in [4.78, 5) is 0. The van der Waals surface area contributed by atoms with E-state index < -0.39 is 0 Å². The summed E-state index contributed by atoms with van der Waals surface area (Å²) in [6.45, 7) is 2.05. The van der Waals surface area contributed by atoms with E-state index in [0.717, 1.165) is 18.8 Å². The third-order valence-electron chi connectivity index (χ3n) is 2.52. The van der Waals surface area contributed by atoms with Gasteiger partial charge in [0.15, 0.2) is 0 Å². The van der Waals surface area contributed by atoms with Crippen LogP contribution in [0.5, 0.6) is 0 Å². The van der Waals surface area contributed by atoms with E-state index >= 15 is 0 Å². The van der Waals surface area contributed by atoms with Crippen molar-refractivity contribution in [1.29, 1.82) is 5.26 Å². The Kier molecular flexibility index (Phi) is 2.33. The van der Waals surface area contributed by atoms with Gasteiger partial charge in [-0.2, -0.15) is 5.26 Å². The fraction of sp³-hybridized carbons (Fsp3) is 0.500. The molecule has 1 fully saturated rings. The number of rotatable bonds is 2. The Morgan fingerprint density at radius 3 is 3.31 bits per heavy atom. The Morgan fingerprint density at radius 2 is 2.62 bits per heavy atom. The van der Waals surface area contributed by atoms with Crippen LogP contribution in [-0.2, 0) is 6.54 Å². The molecule has 3 nitrogen and oxygen atoms in total. The summed E-state index contributed by atoms with van der Waals surface area (Å²) in [7, 11) is 0. The fourth-order valence-corrected chi connectivity index (χ4v) is 1.82. The molecule has 1 aromatic heterocycles. The topological polar surface area (TPSA) is 40.8 Å². The largest absolute Gasteiger partial charge is 0.338 e. The molecule has 0 aliphatic carbocycles. The highest BCUT2D eigenvalue weighted by molar-refractivity contribution is 5.22. The Morgan fingerprint density at radius 1 is 1.69 bits per heavy atom. The zero-order valence-corrected chi connectivity index (χ0v) is 7.53. The van der Waals surface area contributed by atoms with Crippen LogP contribution >= 0.6 is 0 Å². The van der Waals surface area contributed by atoms with Gasteiger partial charge >= 0.3 is 0 Å². The molecule has 1 aliphatic heterocycles. The van der Waals surface area contributed by atoms with Crippen LogP contribution in [0, 0.1) is 11.3 Å². The van der Waals surface area contributed by atoms with E-state index in [1.54, 1.807) is 0 Å². The molecule has 1 N–H and O–H groups in total. The van der Waals surface area contributed by atoms with Crippen LogP contribution in [0.4, 0.5) is 0 Å². The zero-order chi connectivity index (χ0) is 9.10. The minimum absolute atomic E-state index is 0.555. The predicted molar refractivity (Wildman–Crippen MR) is 50.2 cm³/mol. The van der Waals surface area contributed by atoms with Gasteiger partial charge in [-0.1, -0.05) is 0 Å². The molecule has 2 rings (SSSR count). The molecule has 3 heteroatoms. The van der Waals surface area contributed by atoms with Gasteiger partial charge in [0.2, 0.25) is 0 Å². The van der Waals surface area contributed by atoms with E-state index in [2.05, 4.69) is 11.4 Å². The highest BCUT2D eigenvalue weighted by Gasteiger charge is 2.14. The highest BCUT2D eigenvalue weighted by atomic mass is 15.0. The first-order valence-corrected chi connectivity index (χ1v) is 4.69. The molecule has 0 aromatic carbocycles. The summed E-state index contributed by atoms with van der Waals surface area (Å²) in [6.07, 6.45) is 4.45. The number of hydrogen-bond donors (Lipinski definition) is 1. The predicted octanol–water partition coefficient (Wildman–Crippen LogP) is 1.11. The van der Waals surface area contributed by atoms with Crippen molar-refractivity contribution in [1.82, 2.24) is 9.88 Å². The monoisotopic (exact) mass is 175 g/mol. The van der Waals surface area contributed by atoms with Crippen LogP contribution < -0.4 is 5.32 Å². The Bertz CT molecular complexity index is 315. The Hall–Kier alpha value is -1.27. The molecule has 1 aliphatic rings. The molecular formula is C10H13N3.